The molecule has 2 amide bonds. The molecule has 1 atom stereocenters. The van der Waals surface area contributed by atoms with Gasteiger partial charge in [-0.2, -0.15) is 0 Å². The number of amides is 2. The number of hydrogen-bond acceptors (Lipinski definition) is 3. The minimum Gasteiger partial charge on any atom is -0.496 e. The first-order valence-electron chi connectivity index (χ1n) is 9.44. The van der Waals surface area contributed by atoms with E-state index in [2.05, 4.69) is 11.1 Å². The lowest BCUT2D eigenvalue weighted by molar-refractivity contribution is -0.157. The first-order valence-corrected chi connectivity index (χ1v) is 9.44. The summed E-state index contributed by atoms with van der Waals surface area (Å²) in [6, 6.07) is 15.3. The van der Waals surface area contributed by atoms with E-state index in [0.717, 1.165) is 33.5 Å². The van der Waals surface area contributed by atoms with Crippen molar-refractivity contribution in [1.82, 2.24) is 14.8 Å². The number of nitrogens with one attached hydrogen (secondary N) is 1. The van der Waals surface area contributed by atoms with E-state index in [1.54, 1.807) is 16.9 Å². The van der Waals surface area contributed by atoms with Crippen LogP contribution in [0.2, 0.25) is 0 Å². The van der Waals surface area contributed by atoms with Crippen LogP contribution >= 0.6 is 0 Å². The third kappa shape index (κ3) is 2.56. The zero-order valence-electron chi connectivity index (χ0n) is 15.6. The van der Waals surface area contributed by atoms with Crippen LogP contribution in [0.1, 0.15) is 16.8 Å². The molecule has 1 N–H and O–H groups in total. The molecule has 0 unspecified atom stereocenters. The van der Waals surface area contributed by atoms with Crippen molar-refractivity contribution in [1.29, 1.82) is 0 Å². The lowest BCUT2D eigenvalue weighted by atomic mass is 9.93. The number of fused-ring (bicyclic) bond motifs is 4. The molecule has 1 aromatic heterocycles. The maximum atomic E-state index is 13.3. The summed E-state index contributed by atoms with van der Waals surface area (Å²) >= 11 is 0. The predicted octanol–water partition coefficient (Wildman–Crippen LogP) is 2.47. The van der Waals surface area contributed by atoms with Crippen LogP contribution in [-0.4, -0.2) is 46.3 Å². The van der Waals surface area contributed by atoms with Gasteiger partial charge >= 0.3 is 0 Å². The number of nitrogens with zero attached hydrogens (tertiary/aromatic N) is 2. The fourth-order valence-corrected chi connectivity index (χ4v) is 4.41. The lowest BCUT2D eigenvalue weighted by Gasteiger charge is -2.42. The topological polar surface area (TPSA) is 65.6 Å². The van der Waals surface area contributed by atoms with Gasteiger partial charge in [0.2, 0.25) is 11.8 Å². The van der Waals surface area contributed by atoms with Gasteiger partial charge in [0.05, 0.1) is 13.7 Å². The average Bonchev–Trinajstić information content (AvgIpc) is 3.09. The standard InChI is InChI=1S/C22H21N3O3/c1-28-20-9-5-2-6-14(20)11-24-13-21(26)25-12-18-16(10-19(25)22(24)27)15-7-3-4-8-17(15)23-18/h2-9,19,23H,10-13H2,1H3/t19-/m1/s1. The van der Waals surface area contributed by atoms with Crippen molar-refractivity contribution in [2.24, 2.45) is 0 Å². The Labute approximate surface area is 162 Å². The third-order valence-electron chi connectivity index (χ3n) is 5.80. The predicted molar refractivity (Wildman–Crippen MR) is 105 cm³/mol. The summed E-state index contributed by atoms with van der Waals surface area (Å²) in [7, 11) is 1.61. The van der Waals surface area contributed by atoms with Gasteiger partial charge in [-0.15, -0.1) is 0 Å². The van der Waals surface area contributed by atoms with Crippen LogP contribution in [0.25, 0.3) is 10.9 Å². The molecule has 5 rings (SSSR count). The van der Waals surface area contributed by atoms with E-state index >= 15 is 0 Å². The number of piperazine rings is 1. The maximum Gasteiger partial charge on any atom is 0.246 e. The Bertz CT molecular complexity index is 1090. The Morgan fingerprint density at radius 3 is 2.71 bits per heavy atom. The highest BCUT2D eigenvalue weighted by Crippen LogP contribution is 2.33. The number of methoxy groups -OCH3 is 1. The zero-order chi connectivity index (χ0) is 19.3. The normalized spacial score (nSPS) is 19.0. The fraction of sp³-hybridized carbons (Fsp3) is 0.273. The Kier molecular flexibility index (Phi) is 3.86. The van der Waals surface area contributed by atoms with Crippen molar-refractivity contribution in [2.45, 2.75) is 25.6 Å². The molecule has 0 saturated carbocycles. The second-order valence-electron chi connectivity index (χ2n) is 7.38. The molecule has 142 valence electrons. The fourth-order valence-electron chi connectivity index (χ4n) is 4.41. The van der Waals surface area contributed by atoms with Crippen LogP contribution in [0, 0.1) is 0 Å². The molecule has 3 heterocycles. The largest absolute Gasteiger partial charge is 0.496 e. The van der Waals surface area contributed by atoms with Gasteiger partial charge in [0.15, 0.2) is 0 Å². The number of ether oxygens (including phenoxy) is 1. The summed E-state index contributed by atoms with van der Waals surface area (Å²) in [5.41, 5.74) is 4.15. The molecule has 0 bridgehead atoms. The molecule has 1 fully saturated rings. The molecule has 2 aliphatic heterocycles. The van der Waals surface area contributed by atoms with Crippen LogP contribution in [-0.2, 0) is 29.1 Å². The number of H-pyrrole nitrogens is 1. The van der Waals surface area contributed by atoms with E-state index in [4.69, 9.17) is 4.74 Å². The van der Waals surface area contributed by atoms with Crippen molar-refractivity contribution in [3.63, 3.8) is 0 Å². The average molecular weight is 375 g/mol. The molecule has 28 heavy (non-hydrogen) atoms. The zero-order valence-corrected chi connectivity index (χ0v) is 15.6. The SMILES string of the molecule is COc1ccccc1CN1CC(=O)N2Cc3[nH]c4ccccc4c3C[C@@H]2C1=O. The molecule has 3 aromatic rings. The van der Waals surface area contributed by atoms with Gasteiger partial charge in [-0.3, -0.25) is 9.59 Å². The summed E-state index contributed by atoms with van der Waals surface area (Å²) in [6.07, 6.45) is 0.548. The smallest absolute Gasteiger partial charge is 0.246 e. The molecule has 0 radical (unpaired) electrons. The second-order valence-corrected chi connectivity index (χ2v) is 7.38. The minimum atomic E-state index is -0.442. The molecule has 1 saturated heterocycles. The molecular weight excluding hydrogens is 354 g/mol. The van der Waals surface area contributed by atoms with Gasteiger partial charge in [0.1, 0.15) is 18.3 Å². The Hall–Kier alpha value is -3.28. The minimum absolute atomic E-state index is 0.00133. The summed E-state index contributed by atoms with van der Waals surface area (Å²) in [6.45, 7) is 0.935. The molecular formula is C22H21N3O3. The highest BCUT2D eigenvalue weighted by Gasteiger charge is 2.43. The first-order chi connectivity index (χ1) is 13.7. The highest BCUT2D eigenvalue weighted by atomic mass is 16.5. The van der Waals surface area contributed by atoms with Crippen molar-refractivity contribution in [2.75, 3.05) is 13.7 Å². The van der Waals surface area contributed by atoms with E-state index in [1.807, 2.05) is 42.5 Å². The van der Waals surface area contributed by atoms with Crippen LogP contribution in [0.15, 0.2) is 48.5 Å². The number of para-hydroxylation sites is 2. The first kappa shape index (κ1) is 16.9. The van der Waals surface area contributed by atoms with Crippen LogP contribution in [0.4, 0.5) is 0 Å². The number of hydrogen-bond donors (Lipinski definition) is 1. The molecule has 6 nitrogen and oxygen atoms in total. The Balaban J connectivity index is 1.46. The number of benzene rings is 2. The molecule has 2 aromatic carbocycles. The summed E-state index contributed by atoms with van der Waals surface area (Å²) in [5.74, 6) is 0.720. The van der Waals surface area contributed by atoms with E-state index in [1.165, 1.54) is 0 Å². The Morgan fingerprint density at radius 2 is 1.86 bits per heavy atom. The quantitative estimate of drug-likeness (QED) is 0.765. The highest BCUT2D eigenvalue weighted by molar-refractivity contribution is 5.96. The molecule has 0 spiro atoms. The molecule has 6 heteroatoms. The lowest BCUT2D eigenvalue weighted by Crippen LogP contribution is -2.61. The number of carbonyl (C=O) groups is 2. The maximum absolute atomic E-state index is 13.3. The summed E-state index contributed by atoms with van der Waals surface area (Å²) < 4.78 is 5.40. The number of aromatic nitrogens is 1. The van der Waals surface area contributed by atoms with Gasteiger partial charge in [0.25, 0.3) is 0 Å². The third-order valence-corrected chi connectivity index (χ3v) is 5.80. The van der Waals surface area contributed by atoms with Crippen molar-refractivity contribution in [3.8, 4) is 5.75 Å². The number of aromatic amines is 1. The second kappa shape index (κ2) is 6.41. The van der Waals surface area contributed by atoms with Gasteiger partial charge < -0.3 is 19.5 Å². The van der Waals surface area contributed by atoms with E-state index in [-0.39, 0.29) is 18.4 Å². The molecule has 0 aliphatic carbocycles. The monoisotopic (exact) mass is 375 g/mol. The number of rotatable bonds is 3. The number of carbonyl (C=O) groups excluding carboxylic acids is 2. The van der Waals surface area contributed by atoms with Crippen LogP contribution in [0.5, 0.6) is 5.75 Å². The van der Waals surface area contributed by atoms with Gasteiger partial charge in [-0.05, 0) is 17.7 Å². The van der Waals surface area contributed by atoms with E-state index < -0.39 is 6.04 Å². The van der Waals surface area contributed by atoms with Crippen LogP contribution in [0.3, 0.4) is 0 Å². The summed E-state index contributed by atoms with van der Waals surface area (Å²) in [5, 5.41) is 1.14. The van der Waals surface area contributed by atoms with Crippen molar-refractivity contribution >= 4 is 22.7 Å². The van der Waals surface area contributed by atoms with Gasteiger partial charge in [-0.25, -0.2) is 0 Å². The van der Waals surface area contributed by atoms with E-state index in [0.29, 0.717) is 19.5 Å². The Morgan fingerprint density at radius 1 is 1.07 bits per heavy atom. The van der Waals surface area contributed by atoms with Crippen molar-refractivity contribution in [3.05, 3.63) is 65.4 Å². The van der Waals surface area contributed by atoms with Crippen molar-refractivity contribution < 1.29 is 14.3 Å². The van der Waals surface area contributed by atoms with Gasteiger partial charge in [-0.1, -0.05) is 36.4 Å². The molecule has 2 aliphatic rings. The van der Waals surface area contributed by atoms with E-state index in [9.17, 15) is 9.59 Å². The van der Waals surface area contributed by atoms with Crippen LogP contribution < -0.4 is 4.74 Å². The summed E-state index contributed by atoms with van der Waals surface area (Å²) in [4.78, 5) is 32.9. The van der Waals surface area contributed by atoms with Gasteiger partial charge in [0, 0.05) is 35.1 Å².